The standard InChI is InChI=1S/C31H42N4O2/c1-35-29(37)31(34-30(35)32,18-17-22-9-3-2-4-10-22)21-23-11-7-15-26(19-23)33-28(36)20-25-14-8-13-24-12-5-6-16-27(24)25/h5-6,8,12-14,16,22-23,26H,2-4,7,9-11,15,17-21H2,1H3,(H2,32,34)(H,33,36). The number of hydrogen-bond acceptors (Lipinski definition) is 4. The van der Waals surface area contributed by atoms with E-state index in [1.54, 1.807) is 11.9 Å². The summed E-state index contributed by atoms with van der Waals surface area (Å²) in [6.07, 6.45) is 13.5. The van der Waals surface area contributed by atoms with E-state index in [-0.39, 0.29) is 17.9 Å². The van der Waals surface area contributed by atoms with Crippen molar-refractivity contribution in [1.82, 2.24) is 10.2 Å². The normalized spacial score (nSPS) is 26.9. The fourth-order valence-corrected chi connectivity index (χ4v) is 7.06. The van der Waals surface area contributed by atoms with Gasteiger partial charge >= 0.3 is 0 Å². The average Bonchev–Trinajstić information content (AvgIpc) is 3.12. The molecule has 3 N–H and O–H groups in total. The van der Waals surface area contributed by atoms with E-state index in [2.05, 4.69) is 23.5 Å². The second-order valence-electron chi connectivity index (χ2n) is 11.7. The van der Waals surface area contributed by atoms with E-state index >= 15 is 0 Å². The predicted octanol–water partition coefficient (Wildman–Crippen LogP) is 5.33. The first-order chi connectivity index (χ1) is 17.9. The summed E-state index contributed by atoms with van der Waals surface area (Å²) >= 11 is 0. The van der Waals surface area contributed by atoms with E-state index in [1.165, 1.54) is 32.1 Å². The van der Waals surface area contributed by atoms with Crippen molar-refractivity contribution in [3.8, 4) is 0 Å². The molecule has 1 heterocycles. The highest BCUT2D eigenvalue weighted by Crippen LogP contribution is 2.40. The van der Waals surface area contributed by atoms with Gasteiger partial charge in [-0.25, -0.2) is 4.99 Å². The second-order valence-corrected chi connectivity index (χ2v) is 11.7. The minimum atomic E-state index is -0.726. The van der Waals surface area contributed by atoms with E-state index in [0.717, 1.165) is 61.3 Å². The highest BCUT2D eigenvalue weighted by Gasteiger charge is 2.48. The van der Waals surface area contributed by atoms with E-state index in [9.17, 15) is 9.59 Å². The highest BCUT2D eigenvalue weighted by atomic mass is 16.2. The van der Waals surface area contributed by atoms with Gasteiger partial charge in [0.05, 0.1) is 6.42 Å². The first-order valence-corrected chi connectivity index (χ1v) is 14.3. The third kappa shape index (κ3) is 5.83. The quantitative estimate of drug-likeness (QED) is 0.511. The Hall–Kier alpha value is -2.89. The van der Waals surface area contributed by atoms with Gasteiger partial charge in [-0.2, -0.15) is 0 Å². The summed E-state index contributed by atoms with van der Waals surface area (Å²) in [7, 11) is 1.75. The summed E-state index contributed by atoms with van der Waals surface area (Å²) in [6, 6.07) is 14.5. The molecule has 0 bridgehead atoms. The molecule has 2 fully saturated rings. The molecule has 3 aliphatic rings. The van der Waals surface area contributed by atoms with Gasteiger partial charge in [0, 0.05) is 13.1 Å². The van der Waals surface area contributed by atoms with Crippen molar-refractivity contribution in [3.63, 3.8) is 0 Å². The summed E-state index contributed by atoms with van der Waals surface area (Å²) in [5.74, 6) is 1.54. The van der Waals surface area contributed by atoms with Gasteiger partial charge < -0.3 is 11.1 Å². The van der Waals surface area contributed by atoms with Crippen LogP contribution in [-0.2, 0) is 16.0 Å². The largest absolute Gasteiger partial charge is 0.369 e. The van der Waals surface area contributed by atoms with Crippen molar-refractivity contribution in [1.29, 1.82) is 0 Å². The molecule has 2 amide bonds. The molecule has 2 saturated carbocycles. The Morgan fingerprint density at radius 2 is 1.78 bits per heavy atom. The first-order valence-electron chi connectivity index (χ1n) is 14.3. The van der Waals surface area contributed by atoms with Gasteiger partial charge in [0.15, 0.2) is 5.96 Å². The summed E-state index contributed by atoms with van der Waals surface area (Å²) in [4.78, 5) is 32.8. The molecule has 3 atom stereocenters. The Morgan fingerprint density at radius 1 is 1.03 bits per heavy atom. The maximum absolute atomic E-state index is 13.4. The van der Waals surface area contributed by atoms with Crippen LogP contribution in [-0.4, -0.2) is 41.3 Å². The van der Waals surface area contributed by atoms with Crippen LogP contribution in [0.5, 0.6) is 0 Å². The fourth-order valence-electron chi connectivity index (χ4n) is 7.06. The maximum Gasteiger partial charge on any atom is 0.257 e. The molecule has 2 aliphatic carbocycles. The second kappa shape index (κ2) is 11.2. The van der Waals surface area contributed by atoms with Gasteiger partial charge in [-0.05, 0) is 60.3 Å². The van der Waals surface area contributed by atoms with Gasteiger partial charge in [-0.1, -0.05) is 87.4 Å². The van der Waals surface area contributed by atoms with E-state index < -0.39 is 5.54 Å². The Morgan fingerprint density at radius 3 is 2.57 bits per heavy atom. The van der Waals surface area contributed by atoms with Crippen molar-refractivity contribution >= 4 is 28.5 Å². The Kier molecular flexibility index (Phi) is 7.82. The molecule has 0 saturated heterocycles. The molecule has 3 unspecified atom stereocenters. The van der Waals surface area contributed by atoms with Crippen molar-refractivity contribution in [3.05, 3.63) is 48.0 Å². The summed E-state index contributed by atoms with van der Waals surface area (Å²) in [5.41, 5.74) is 6.50. The number of carbonyl (C=O) groups is 2. The number of likely N-dealkylation sites (N-methyl/N-ethyl adjacent to an activating group) is 1. The predicted molar refractivity (Wildman–Crippen MR) is 149 cm³/mol. The number of carbonyl (C=O) groups excluding carboxylic acids is 2. The third-order valence-electron chi connectivity index (χ3n) is 9.07. The molecule has 2 aromatic rings. The minimum Gasteiger partial charge on any atom is -0.369 e. The lowest BCUT2D eigenvalue weighted by molar-refractivity contribution is -0.131. The van der Waals surface area contributed by atoms with Gasteiger partial charge in [0.2, 0.25) is 5.91 Å². The zero-order valence-corrected chi connectivity index (χ0v) is 22.3. The van der Waals surface area contributed by atoms with Gasteiger partial charge in [0.25, 0.3) is 5.91 Å². The zero-order valence-electron chi connectivity index (χ0n) is 22.3. The van der Waals surface area contributed by atoms with Crippen LogP contribution in [0.4, 0.5) is 0 Å². The molecule has 6 heteroatoms. The first kappa shape index (κ1) is 25.7. The van der Waals surface area contributed by atoms with Crippen LogP contribution >= 0.6 is 0 Å². The third-order valence-corrected chi connectivity index (χ3v) is 9.07. The fraction of sp³-hybridized carbons (Fsp3) is 0.581. The monoisotopic (exact) mass is 502 g/mol. The molecule has 2 aromatic carbocycles. The number of benzene rings is 2. The molecule has 0 aromatic heterocycles. The minimum absolute atomic E-state index is 0.0583. The number of hydrogen-bond donors (Lipinski definition) is 2. The van der Waals surface area contributed by atoms with Crippen LogP contribution in [0.3, 0.4) is 0 Å². The van der Waals surface area contributed by atoms with Crippen LogP contribution in [0.15, 0.2) is 47.5 Å². The lowest BCUT2D eigenvalue weighted by Crippen LogP contribution is -2.45. The summed E-state index contributed by atoms with van der Waals surface area (Å²) in [6.45, 7) is 0. The van der Waals surface area contributed by atoms with Crippen molar-refractivity contribution in [2.24, 2.45) is 22.6 Å². The molecule has 1 aliphatic heterocycles. The number of rotatable bonds is 8. The molecule has 5 rings (SSSR count). The van der Waals surface area contributed by atoms with Crippen molar-refractivity contribution in [2.75, 3.05) is 7.05 Å². The molecular formula is C31H42N4O2. The molecule has 0 radical (unpaired) electrons. The van der Waals surface area contributed by atoms with Crippen LogP contribution < -0.4 is 11.1 Å². The van der Waals surface area contributed by atoms with E-state index in [0.29, 0.717) is 24.2 Å². The molecule has 6 nitrogen and oxygen atoms in total. The van der Waals surface area contributed by atoms with Gasteiger partial charge in [-0.15, -0.1) is 0 Å². The number of nitrogens with one attached hydrogen (secondary N) is 1. The Balaban J connectivity index is 1.22. The van der Waals surface area contributed by atoms with Crippen molar-refractivity contribution in [2.45, 2.75) is 95.1 Å². The highest BCUT2D eigenvalue weighted by molar-refractivity contribution is 6.06. The van der Waals surface area contributed by atoms with E-state index in [1.807, 2.05) is 24.3 Å². The Bertz CT molecular complexity index is 1150. The summed E-state index contributed by atoms with van der Waals surface area (Å²) in [5, 5.41) is 5.62. The molecule has 198 valence electrons. The molecular weight excluding hydrogens is 460 g/mol. The average molecular weight is 503 g/mol. The van der Waals surface area contributed by atoms with Crippen LogP contribution in [0, 0.1) is 11.8 Å². The Labute approximate surface area is 221 Å². The SMILES string of the molecule is CN1C(=O)C(CCC2CCCCC2)(CC2CCCC(NC(=O)Cc3cccc4ccccc34)C2)N=C1N. The molecule has 37 heavy (non-hydrogen) atoms. The molecule has 0 spiro atoms. The smallest absolute Gasteiger partial charge is 0.257 e. The topological polar surface area (TPSA) is 87.8 Å². The lowest BCUT2D eigenvalue weighted by atomic mass is 9.74. The van der Waals surface area contributed by atoms with Crippen LogP contribution in [0.25, 0.3) is 10.8 Å². The van der Waals surface area contributed by atoms with E-state index in [4.69, 9.17) is 10.7 Å². The van der Waals surface area contributed by atoms with Crippen LogP contribution in [0.2, 0.25) is 0 Å². The number of aliphatic imine (C=N–C) groups is 1. The maximum atomic E-state index is 13.4. The number of fused-ring (bicyclic) bond motifs is 1. The van der Waals surface area contributed by atoms with Gasteiger partial charge in [-0.3, -0.25) is 14.5 Å². The van der Waals surface area contributed by atoms with Crippen LogP contribution in [0.1, 0.15) is 82.6 Å². The number of nitrogens with two attached hydrogens (primary N) is 1. The van der Waals surface area contributed by atoms with Crippen molar-refractivity contribution < 1.29 is 9.59 Å². The van der Waals surface area contributed by atoms with Gasteiger partial charge in [0.1, 0.15) is 5.54 Å². The number of nitrogens with zero attached hydrogens (tertiary/aromatic N) is 2. The lowest BCUT2D eigenvalue weighted by Gasteiger charge is -2.35. The zero-order chi connectivity index (χ0) is 25.8. The number of guanidine groups is 1. The summed E-state index contributed by atoms with van der Waals surface area (Å²) < 4.78 is 0. The number of amides is 2.